The van der Waals surface area contributed by atoms with Gasteiger partial charge in [-0.25, -0.2) is 4.79 Å². The van der Waals surface area contributed by atoms with Crippen molar-refractivity contribution in [2.75, 3.05) is 19.7 Å². The van der Waals surface area contributed by atoms with E-state index in [4.69, 9.17) is 11.5 Å². The number of nitrogens with one attached hydrogen (secondary N) is 4. The largest absolute Gasteiger partial charge is 0.480 e. The van der Waals surface area contributed by atoms with Gasteiger partial charge in [-0.1, -0.05) is 34.1 Å². The fraction of sp³-hybridized carbons (Fsp3) is 0.750. The molecule has 50 heavy (non-hydrogen) atoms. The topological polar surface area (TPSA) is 284 Å². The lowest BCUT2D eigenvalue weighted by Crippen LogP contribution is -2.61. The number of rotatable bonds is 18. The number of primary amides is 1. The summed E-state index contributed by atoms with van der Waals surface area (Å²) in [6.45, 7) is 8.03. The van der Waals surface area contributed by atoms with Gasteiger partial charge >= 0.3 is 5.97 Å². The highest BCUT2D eigenvalue weighted by molar-refractivity contribution is 5.97. The Labute approximate surface area is 291 Å². The van der Waals surface area contributed by atoms with Crippen molar-refractivity contribution >= 4 is 47.3 Å². The van der Waals surface area contributed by atoms with E-state index in [1.165, 1.54) is 16.7 Å². The van der Waals surface area contributed by atoms with Crippen LogP contribution in [0.4, 0.5) is 0 Å². The number of likely N-dealkylation sites (tertiary alicyclic amines) is 2. The molecule has 0 aromatic carbocycles. The second kappa shape index (κ2) is 19.2. The van der Waals surface area contributed by atoms with Gasteiger partial charge in [-0.2, -0.15) is 0 Å². The first-order valence-electron chi connectivity index (χ1n) is 17.1. The summed E-state index contributed by atoms with van der Waals surface area (Å²) >= 11 is 0. The second-order valence-electron chi connectivity index (χ2n) is 13.4. The van der Waals surface area contributed by atoms with Gasteiger partial charge in [-0.05, 0) is 50.9 Å². The van der Waals surface area contributed by atoms with Crippen LogP contribution < -0.4 is 32.7 Å². The highest BCUT2D eigenvalue weighted by Crippen LogP contribution is 2.22. The van der Waals surface area contributed by atoms with E-state index in [-0.39, 0.29) is 31.7 Å². The maximum Gasteiger partial charge on any atom is 0.326 e. The van der Waals surface area contributed by atoms with E-state index in [0.29, 0.717) is 32.2 Å². The zero-order valence-corrected chi connectivity index (χ0v) is 29.5. The van der Waals surface area contributed by atoms with E-state index in [1.807, 2.05) is 0 Å². The van der Waals surface area contributed by atoms with E-state index >= 15 is 0 Å². The zero-order chi connectivity index (χ0) is 37.9. The monoisotopic (exact) mass is 710 g/mol. The summed E-state index contributed by atoms with van der Waals surface area (Å²) in [6.07, 6.45) is 1.56. The Kier molecular flexibility index (Phi) is 16.0. The summed E-state index contributed by atoms with van der Waals surface area (Å²) in [5, 5.41) is 29.7. The first-order chi connectivity index (χ1) is 23.4. The lowest BCUT2D eigenvalue weighted by molar-refractivity contribution is -0.145. The van der Waals surface area contributed by atoms with Gasteiger partial charge in [0.1, 0.15) is 36.3 Å². The first-order valence-corrected chi connectivity index (χ1v) is 17.1. The van der Waals surface area contributed by atoms with Crippen LogP contribution in [0.2, 0.25) is 0 Å². The van der Waals surface area contributed by atoms with Crippen LogP contribution in [0.25, 0.3) is 0 Å². The van der Waals surface area contributed by atoms with Crippen LogP contribution in [0, 0.1) is 11.8 Å². The molecule has 0 aromatic rings. The van der Waals surface area contributed by atoms with Gasteiger partial charge in [0.15, 0.2) is 0 Å². The maximum atomic E-state index is 13.8. The molecule has 0 bridgehead atoms. The number of nitrogens with two attached hydrogens (primary N) is 2. The van der Waals surface area contributed by atoms with Crippen molar-refractivity contribution in [3.8, 4) is 0 Å². The molecule has 0 saturated carbocycles. The Hall–Kier alpha value is -4.32. The molecular formula is C32H54N8O10. The SMILES string of the molecule is CCC(C)[C@H](NC(=O)[C@H](CO)NC(=O)[C@@H](NC(=O)[C@@H]1CCCN1C(=O)C(C)N)C(C)C)C(=O)N1CCC[C@H]1C(=O)N[C@@H](CCC(N)=O)C(=O)O. The van der Waals surface area contributed by atoms with Crippen molar-refractivity contribution in [1.82, 2.24) is 31.1 Å². The molecular weight excluding hydrogens is 656 g/mol. The van der Waals surface area contributed by atoms with Crippen LogP contribution in [-0.4, -0.2) is 129 Å². The minimum absolute atomic E-state index is 0.156. The molecule has 282 valence electrons. The normalized spacial score (nSPS) is 21.0. The predicted molar refractivity (Wildman–Crippen MR) is 178 cm³/mol. The quantitative estimate of drug-likeness (QED) is 0.0724. The van der Waals surface area contributed by atoms with Gasteiger partial charge in [0.2, 0.25) is 41.4 Å². The van der Waals surface area contributed by atoms with Gasteiger partial charge in [0.25, 0.3) is 0 Å². The number of aliphatic hydroxyl groups excluding tert-OH is 1. The van der Waals surface area contributed by atoms with Crippen molar-refractivity contribution in [2.45, 2.75) is 122 Å². The Morgan fingerprint density at radius 1 is 0.760 bits per heavy atom. The van der Waals surface area contributed by atoms with E-state index < -0.39 is 102 Å². The minimum atomic E-state index is -1.51. The molecule has 2 heterocycles. The van der Waals surface area contributed by atoms with Crippen LogP contribution in [0.5, 0.6) is 0 Å². The van der Waals surface area contributed by atoms with E-state index in [1.54, 1.807) is 27.7 Å². The van der Waals surface area contributed by atoms with E-state index in [0.717, 1.165) is 0 Å². The molecule has 0 radical (unpaired) electrons. The number of amides is 7. The van der Waals surface area contributed by atoms with Crippen molar-refractivity contribution in [1.29, 1.82) is 0 Å². The van der Waals surface area contributed by atoms with Gasteiger partial charge in [0.05, 0.1) is 12.6 Å². The van der Waals surface area contributed by atoms with Crippen molar-refractivity contribution in [3.05, 3.63) is 0 Å². The number of hydrogen-bond donors (Lipinski definition) is 8. The lowest BCUT2D eigenvalue weighted by atomic mass is 9.96. The molecule has 0 aliphatic carbocycles. The second-order valence-corrected chi connectivity index (χ2v) is 13.4. The molecule has 18 heteroatoms. The van der Waals surface area contributed by atoms with Crippen LogP contribution in [0.3, 0.4) is 0 Å². The molecule has 2 aliphatic rings. The van der Waals surface area contributed by atoms with Gasteiger partial charge in [-0.15, -0.1) is 0 Å². The Morgan fingerprint density at radius 3 is 1.76 bits per heavy atom. The number of aliphatic hydroxyl groups is 1. The highest BCUT2D eigenvalue weighted by atomic mass is 16.4. The molecule has 2 unspecified atom stereocenters. The first kappa shape index (κ1) is 41.8. The standard InChI is InChI=1S/C32H54N8O10/c1-6-17(4)25(31(48)40-14-8-9-21(40)27(44)35-19(32(49)50)11-12-23(34)42)38-26(43)20(15-41)36-29(46)24(16(2)3)37-28(45)22-10-7-13-39(22)30(47)18(5)33/h16-22,24-25,41H,6-15,33H2,1-5H3,(H2,34,42)(H,35,44)(H,36,46)(H,37,45)(H,38,43)(H,49,50)/t17?,18?,19-,20-,21-,22-,24-,25-/m0/s1. The van der Waals surface area contributed by atoms with Crippen LogP contribution in [-0.2, 0) is 38.4 Å². The molecule has 2 fully saturated rings. The molecule has 7 amide bonds. The number of nitrogens with zero attached hydrogens (tertiary/aromatic N) is 2. The number of carbonyl (C=O) groups excluding carboxylic acids is 7. The lowest BCUT2D eigenvalue weighted by Gasteiger charge is -2.33. The Morgan fingerprint density at radius 2 is 1.30 bits per heavy atom. The fourth-order valence-electron chi connectivity index (χ4n) is 6.04. The number of carbonyl (C=O) groups is 8. The Balaban J connectivity index is 2.16. The smallest absolute Gasteiger partial charge is 0.326 e. The third-order valence-corrected chi connectivity index (χ3v) is 9.20. The Bertz CT molecular complexity index is 1280. The maximum absolute atomic E-state index is 13.8. The third-order valence-electron chi connectivity index (χ3n) is 9.20. The van der Waals surface area contributed by atoms with Crippen LogP contribution in [0.1, 0.15) is 79.6 Å². The van der Waals surface area contributed by atoms with Crippen molar-refractivity contribution in [2.24, 2.45) is 23.3 Å². The average molecular weight is 711 g/mol. The van der Waals surface area contributed by atoms with E-state index in [9.17, 15) is 48.6 Å². The summed E-state index contributed by atoms with van der Waals surface area (Å²) in [5.74, 6) is -6.93. The van der Waals surface area contributed by atoms with E-state index in [2.05, 4.69) is 21.3 Å². The molecule has 2 aliphatic heterocycles. The van der Waals surface area contributed by atoms with Crippen molar-refractivity contribution < 1.29 is 48.6 Å². The van der Waals surface area contributed by atoms with Crippen molar-refractivity contribution in [3.63, 3.8) is 0 Å². The number of carboxylic acids is 1. The van der Waals surface area contributed by atoms with Gasteiger partial charge < -0.3 is 52.7 Å². The molecule has 0 aromatic heterocycles. The molecule has 8 atom stereocenters. The molecule has 2 rings (SSSR count). The number of aliphatic carboxylic acids is 1. The van der Waals surface area contributed by atoms with Crippen LogP contribution in [0.15, 0.2) is 0 Å². The summed E-state index contributed by atoms with van der Waals surface area (Å²) < 4.78 is 0. The third kappa shape index (κ3) is 11.1. The number of hydrogen-bond acceptors (Lipinski definition) is 10. The number of carboxylic acid groups (broad SMARTS) is 1. The fourth-order valence-corrected chi connectivity index (χ4v) is 6.04. The summed E-state index contributed by atoms with van der Waals surface area (Å²) in [6, 6.07) is -7.88. The predicted octanol–water partition coefficient (Wildman–Crippen LogP) is -2.70. The minimum Gasteiger partial charge on any atom is -0.480 e. The molecule has 2 saturated heterocycles. The van der Waals surface area contributed by atoms with Crippen LogP contribution >= 0.6 is 0 Å². The average Bonchev–Trinajstić information content (AvgIpc) is 3.76. The summed E-state index contributed by atoms with van der Waals surface area (Å²) in [7, 11) is 0. The van der Waals surface area contributed by atoms with Gasteiger partial charge in [0, 0.05) is 19.5 Å². The molecule has 18 nitrogen and oxygen atoms in total. The molecule has 0 spiro atoms. The van der Waals surface area contributed by atoms with Gasteiger partial charge in [-0.3, -0.25) is 33.6 Å². The summed E-state index contributed by atoms with van der Waals surface area (Å²) in [5.41, 5.74) is 10.9. The zero-order valence-electron chi connectivity index (χ0n) is 29.5. The highest BCUT2D eigenvalue weighted by Gasteiger charge is 2.42. The summed E-state index contributed by atoms with van der Waals surface area (Å²) in [4.78, 5) is 105. The molecule has 10 N–H and O–H groups in total.